The Morgan fingerprint density at radius 3 is 2.61 bits per heavy atom. The Labute approximate surface area is 107 Å². The zero-order valence-corrected chi connectivity index (χ0v) is 11.6. The summed E-state index contributed by atoms with van der Waals surface area (Å²) in [6.07, 6.45) is 0. The lowest BCUT2D eigenvalue weighted by Crippen LogP contribution is -2.29. The first kappa shape index (κ1) is 14.6. The molecule has 0 N–H and O–H groups in total. The Hall–Kier alpha value is -1.43. The Morgan fingerprint density at radius 1 is 1.44 bits per heavy atom. The predicted octanol–water partition coefficient (Wildman–Crippen LogP) is 1.43. The highest BCUT2D eigenvalue weighted by Gasteiger charge is 2.17. The van der Waals surface area contributed by atoms with Gasteiger partial charge in [-0.15, -0.1) is 0 Å². The number of esters is 1. The summed E-state index contributed by atoms with van der Waals surface area (Å²) in [5.41, 5.74) is 0. The SMILES string of the molecule is COC(=O)C(C)CN(C)Cc1nc(C(C)C)no1. The van der Waals surface area contributed by atoms with E-state index >= 15 is 0 Å². The highest BCUT2D eigenvalue weighted by molar-refractivity contribution is 5.71. The van der Waals surface area contributed by atoms with E-state index in [1.54, 1.807) is 0 Å². The second-order valence-electron chi connectivity index (χ2n) is 4.82. The third-order valence-electron chi connectivity index (χ3n) is 2.59. The molecule has 1 unspecified atom stereocenters. The minimum Gasteiger partial charge on any atom is -0.469 e. The highest BCUT2D eigenvalue weighted by atomic mass is 16.5. The van der Waals surface area contributed by atoms with Crippen LogP contribution >= 0.6 is 0 Å². The van der Waals surface area contributed by atoms with Crippen molar-refractivity contribution in [3.05, 3.63) is 11.7 Å². The number of rotatable bonds is 6. The molecule has 0 fully saturated rings. The highest BCUT2D eigenvalue weighted by Crippen LogP contribution is 2.11. The van der Waals surface area contributed by atoms with Crippen LogP contribution < -0.4 is 0 Å². The van der Waals surface area contributed by atoms with E-state index in [2.05, 4.69) is 14.9 Å². The monoisotopic (exact) mass is 255 g/mol. The Kier molecular flexibility index (Phi) is 5.27. The lowest BCUT2D eigenvalue weighted by atomic mass is 10.2. The number of hydrogen-bond acceptors (Lipinski definition) is 6. The van der Waals surface area contributed by atoms with Gasteiger partial charge < -0.3 is 9.26 Å². The minimum atomic E-state index is -0.213. The van der Waals surface area contributed by atoms with Gasteiger partial charge in [0.25, 0.3) is 0 Å². The molecule has 1 atom stereocenters. The van der Waals surface area contributed by atoms with E-state index in [1.165, 1.54) is 7.11 Å². The average Bonchev–Trinajstić information content (AvgIpc) is 2.76. The maximum Gasteiger partial charge on any atom is 0.309 e. The van der Waals surface area contributed by atoms with E-state index < -0.39 is 0 Å². The van der Waals surface area contributed by atoms with Crippen molar-refractivity contribution in [2.75, 3.05) is 20.7 Å². The smallest absolute Gasteiger partial charge is 0.309 e. The summed E-state index contributed by atoms with van der Waals surface area (Å²) >= 11 is 0. The summed E-state index contributed by atoms with van der Waals surface area (Å²) in [6, 6.07) is 0. The zero-order chi connectivity index (χ0) is 13.7. The molecule has 1 rings (SSSR count). The van der Waals surface area contributed by atoms with Gasteiger partial charge >= 0.3 is 5.97 Å². The fourth-order valence-electron chi connectivity index (χ4n) is 1.61. The summed E-state index contributed by atoms with van der Waals surface area (Å²) < 4.78 is 9.83. The molecule has 0 aromatic carbocycles. The quantitative estimate of drug-likeness (QED) is 0.716. The number of nitrogens with zero attached hydrogens (tertiary/aromatic N) is 3. The van der Waals surface area contributed by atoms with Crippen LogP contribution in [0.4, 0.5) is 0 Å². The fourth-order valence-corrected chi connectivity index (χ4v) is 1.61. The first-order valence-corrected chi connectivity index (χ1v) is 6.02. The normalized spacial score (nSPS) is 13.1. The van der Waals surface area contributed by atoms with Crippen molar-refractivity contribution in [1.82, 2.24) is 15.0 Å². The summed E-state index contributed by atoms with van der Waals surface area (Å²) in [6.45, 7) is 6.97. The molecule has 0 bridgehead atoms. The molecule has 6 nitrogen and oxygen atoms in total. The molecule has 0 saturated carbocycles. The molecule has 0 amide bonds. The first-order valence-electron chi connectivity index (χ1n) is 6.02. The maximum atomic E-state index is 11.3. The first-order chi connectivity index (χ1) is 8.43. The van der Waals surface area contributed by atoms with Crippen LogP contribution in [0.2, 0.25) is 0 Å². The fraction of sp³-hybridized carbons (Fsp3) is 0.750. The van der Waals surface area contributed by atoms with Gasteiger partial charge in [0.05, 0.1) is 19.6 Å². The molecule has 102 valence electrons. The topological polar surface area (TPSA) is 68.5 Å². The van der Waals surface area contributed by atoms with Crippen LogP contribution in [0.25, 0.3) is 0 Å². The molecular formula is C12H21N3O3. The molecule has 0 radical (unpaired) electrons. The van der Waals surface area contributed by atoms with Crippen molar-refractivity contribution < 1.29 is 14.1 Å². The van der Waals surface area contributed by atoms with Gasteiger partial charge in [-0.1, -0.05) is 25.9 Å². The molecule has 18 heavy (non-hydrogen) atoms. The van der Waals surface area contributed by atoms with E-state index in [4.69, 9.17) is 4.52 Å². The standard InChI is InChI=1S/C12H21N3O3/c1-8(2)11-13-10(18-14-11)7-15(4)6-9(3)12(16)17-5/h8-9H,6-7H2,1-5H3. The van der Waals surface area contributed by atoms with Crippen molar-refractivity contribution in [2.24, 2.45) is 5.92 Å². The zero-order valence-electron chi connectivity index (χ0n) is 11.6. The molecular weight excluding hydrogens is 234 g/mol. The summed E-state index contributed by atoms with van der Waals surface area (Å²) in [7, 11) is 3.30. The molecule has 0 spiro atoms. The van der Waals surface area contributed by atoms with Crippen molar-refractivity contribution >= 4 is 5.97 Å². The molecule has 0 saturated heterocycles. The van der Waals surface area contributed by atoms with Gasteiger partial charge in [0, 0.05) is 12.5 Å². The van der Waals surface area contributed by atoms with Gasteiger partial charge in [-0.25, -0.2) is 0 Å². The second-order valence-corrected chi connectivity index (χ2v) is 4.82. The number of methoxy groups -OCH3 is 1. The Bertz CT molecular complexity index is 390. The van der Waals surface area contributed by atoms with E-state index in [0.29, 0.717) is 24.8 Å². The molecule has 1 aromatic rings. The third kappa shape index (κ3) is 4.10. The van der Waals surface area contributed by atoms with Crippen LogP contribution in [0.15, 0.2) is 4.52 Å². The Morgan fingerprint density at radius 2 is 2.11 bits per heavy atom. The number of hydrogen-bond donors (Lipinski definition) is 0. The number of carbonyl (C=O) groups excluding carboxylic acids is 1. The van der Waals surface area contributed by atoms with Gasteiger partial charge in [0.15, 0.2) is 5.82 Å². The summed E-state index contributed by atoms with van der Waals surface area (Å²) in [5, 5.41) is 3.89. The van der Waals surface area contributed by atoms with E-state index in [-0.39, 0.29) is 17.8 Å². The number of carbonyl (C=O) groups is 1. The van der Waals surface area contributed by atoms with Crippen molar-refractivity contribution in [3.8, 4) is 0 Å². The van der Waals surface area contributed by atoms with Gasteiger partial charge in [-0.05, 0) is 7.05 Å². The van der Waals surface area contributed by atoms with Gasteiger partial charge in [0.2, 0.25) is 5.89 Å². The second kappa shape index (κ2) is 6.49. The van der Waals surface area contributed by atoms with Gasteiger partial charge in [0.1, 0.15) is 0 Å². The van der Waals surface area contributed by atoms with Crippen molar-refractivity contribution in [1.29, 1.82) is 0 Å². The van der Waals surface area contributed by atoms with Crippen LogP contribution in [0, 0.1) is 5.92 Å². The lowest BCUT2D eigenvalue weighted by Gasteiger charge is -2.17. The summed E-state index contributed by atoms with van der Waals surface area (Å²) in [5.74, 6) is 1.14. The van der Waals surface area contributed by atoms with Crippen LogP contribution in [-0.2, 0) is 16.1 Å². The van der Waals surface area contributed by atoms with Crippen LogP contribution in [0.3, 0.4) is 0 Å². The number of ether oxygens (including phenoxy) is 1. The molecule has 0 aliphatic rings. The molecule has 1 heterocycles. The lowest BCUT2D eigenvalue weighted by molar-refractivity contribution is -0.145. The molecule has 1 aromatic heterocycles. The predicted molar refractivity (Wildman–Crippen MR) is 65.9 cm³/mol. The molecule has 0 aliphatic heterocycles. The Balaban J connectivity index is 2.48. The third-order valence-corrected chi connectivity index (χ3v) is 2.59. The van der Waals surface area contributed by atoms with E-state index in [9.17, 15) is 4.79 Å². The van der Waals surface area contributed by atoms with E-state index in [0.717, 1.165) is 0 Å². The summed E-state index contributed by atoms with van der Waals surface area (Å²) in [4.78, 5) is 17.5. The number of aromatic nitrogens is 2. The minimum absolute atomic E-state index is 0.174. The maximum absolute atomic E-state index is 11.3. The largest absolute Gasteiger partial charge is 0.469 e. The van der Waals surface area contributed by atoms with Crippen molar-refractivity contribution in [3.63, 3.8) is 0 Å². The van der Waals surface area contributed by atoms with Gasteiger partial charge in [-0.2, -0.15) is 4.98 Å². The molecule has 6 heteroatoms. The van der Waals surface area contributed by atoms with Crippen LogP contribution in [-0.4, -0.2) is 41.7 Å². The van der Waals surface area contributed by atoms with E-state index in [1.807, 2.05) is 32.7 Å². The average molecular weight is 255 g/mol. The van der Waals surface area contributed by atoms with Crippen LogP contribution in [0.1, 0.15) is 38.4 Å². The van der Waals surface area contributed by atoms with Crippen molar-refractivity contribution in [2.45, 2.75) is 33.2 Å². The van der Waals surface area contributed by atoms with Crippen LogP contribution in [0.5, 0.6) is 0 Å². The van der Waals surface area contributed by atoms with Gasteiger partial charge in [-0.3, -0.25) is 9.69 Å². The molecule has 0 aliphatic carbocycles.